The molecule has 1 heterocycles. The van der Waals surface area contributed by atoms with Gasteiger partial charge >= 0.3 is 0 Å². The van der Waals surface area contributed by atoms with Crippen LogP contribution in [0.2, 0.25) is 0 Å². The van der Waals surface area contributed by atoms with Gasteiger partial charge in [0.05, 0.1) is 12.0 Å². The van der Waals surface area contributed by atoms with Crippen molar-refractivity contribution < 1.29 is 23.0 Å². The topological polar surface area (TPSA) is 57.9 Å². The van der Waals surface area contributed by atoms with E-state index >= 15 is 0 Å². The van der Waals surface area contributed by atoms with Gasteiger partial charge in [-0.05, 0) is 55.8 Å². The molecule has 3 aromatic carbocycles. The van der Waals surface area contributed by atoms with Crippen LogP contribution in [0.5, 0.6) is 23.0 Å². The summed E-state index contributed by atoms with van der Waals surface area (Å²) in [4.78, 5) is 13.0. The van der Waals surface area contributed by atoms with E-state index in [1.807, 2.05) is 13.0 Å². The van der Waals surface area contributed by atoms with Crippen molar-refractivity contribution in [3.8, 4) is 23.0 Å². The lowest BCUT2D eigenvalue weighted by Gasteiger charge is -2.13. The molecule has 5 nitrogen and oxygen atoms in total. The Balaban J connectivity index is 1.61. The van der Waals surface area contributed by atoms with E-state index in [1.54, 1.807) is 55.5 Å². The summed E-state index contributed by atoms with van der Waals surface area (Å²) in [5.74, 6) is 1.69. The second kappa shape index (κ2) is 8.92. The number of para-hydroxylation sites is 2. The third-order valence-corrected chi connectivity index (χ3v) is 4.67. The molecule has 0 N–H and O–H groups in total. The van der Waals surface area contributed by atoms with Gasteiger partial charge in [-0.2, -0.15) is 0 Å². The van der Waals surface area contributed by atoms with E-state index in [0.717, 1.165) is 5.56 Å². The molecule has 0 unspecified atom stereocenters. The number of aryl methyl sites for hydroxylation is 1. The van der Waals surface area contributed by atoms with Crippen molar-refractivity contribution >= 4 is 11.0 Å². The molecular formula is C25H21FO5. The lowest BCUT2D eigenvalue weighted by atomic mass is 10.2. The van der Waals surface area contributed by atoms with Crippen molar-refractivity contribution in [3.63, 3.8) is 0 Å². The van der Waals surface area contributed by atoms with E-state index in [4.69, 9.17) is 18.6 Å². The summed E-state index contributed by atoms with van der Waals surface area (Å²) in [5.41, 5.74) is 0.940. The molecule has 31 heavy (non-hydrogen) atoms. The monoisotopic (exact) mass is 420 g/mol. The molecule has 0 fully saturated rings. The van der Waals surface area contributed by atoms with Gasteiger partial charge in [0.1, 0.15) is 29.5 Å². The average Bonchev–Trinajstić information content (AvgIpc) is 2.77. The molecule has 0 bridgehead atoms. The van der Waals surface area contributed by atoms with Crippen molar-refractivity contribution in [1.29, 1.82) is 0 Å². The highest BCUT2D eigenvalue weighted by Gasteiger charge is 2.16. The van der Waals surface area contributed by atoms with Crippen LogP contribution in [0, 0.1) is 12.7 Å². The van der Waals surface area contributed by atoms with Gasteiger partial charge < -0.3 is 18.6 Å². The Hall–Kier alpha value is -3.80. The van der Waals surface area contributed by atoms with Crippen LogP contribution in [-0.2, 0) is 6.61 Å². The Labute approximate surface area is 178 Å². The Bertz CT molecular complexity index is 1260. The largest absolute Gasteiger partial charge is 0.490 e. The number of hydrogen-bond acceptors (Lipinski definition) is 5. The zero-order valence-electron chi connectivity index (χ0n) is 17.2. The van der Waals surface area contributed by atoms with Gasteiger partial charge in [0.15, 0.2) is 11.5 Å². The predicted octanol–water partition coefficient (Wildman–Crippen LogP) is 6.01. The molecule has 1 aromatic heterocycles. The van der Waals surface area contributed by atoms with Gasteiger partial charge in [-0.25, -0.2) is 4.39 Å². The molecule has 0 aliphatic heterocycles. The van der Waals surface area contributed by atoms with Crippen LogP contribution in [-0.4, -0.2) is 6.61 Å². The van der Waals surface area contributed by atoms with Crippen molar-refractivity contribution in [3.05, 3.63) is 94.1 Å². The van der Waals surface area contributed by atoms with Crippen LogP contribution in [0.4, 0.5) is 4.39 Å². The van der Waals surface area contributed by atoms with Gasteiger partial charge in [-0.15, -0.1) is 0 Å². The molecule has 0 spiro atoms. The lowest BCUT2D eigenvalue weighted by molar-refractivity contribution is 0.306. The highest BCUT2D eigenvalue weighted by atomic mass is 19.1. The number of hydrogen-bond donors (Lipinski definition) is 0. The molecule has 0 amide bonds. The summed E-state index contributed by atoms with van der Waals surface area (Å²) < 4.78 is 36.1. The number of rotatable bonds is 7. The van der Waals surface area contributed by atoms with Crippen LogP contribution in [0.15, 0.2) is 75.9 Å². The fourth-order valence-electron chi connectivity index (χ4n) is 3.14. The zero-order chi connectivity index (χ0) is 21.8. The minimum atomic E-state index is -0.298. The number of halogens is 1. The summed E-state index contributed by atoms with van der Waals surface area (Å²) in [7, 11) is 0. The van der Waals surface area contributed by atoms with Gasteiger partial charge in [-0.3, -0.25) is 4.79 Å². The molecular weight excluding hydrogens is 399 g/mol. The fraction of sp³-hybridized carbons (Fsp3) is 0.160. The van der Waals surface area contributed by atoms with Crippen molar-refractivity contribution in [2.24, 2.45) is 0 Å². The van der Waals surface area contributed by atoms with Crippen LogP contribution in [0.1, 0.15) is 18.2 Å². The van der Waals surface area contributed by atoms with Crippen molar-refractivity contribution in [1.82, 2.24) is 0 Å². The van der Waals surface area contributed by atoms with E-state index < -0.39 is 0 Å². The molecule has 0 saturated carbocycles. The van der Waals surface area contributed by atoms with Crippen molar-refractivity contribution in [2.75, 3.05) is 6.61 Å². The highest BCUT2D eigenvalue weighted by Crippen LogP contribution is 2.33. The Kier molecular flexibility index (Phi) is 5.89. The lowest BCUT2D eigenvalue weighted by Crippen LogP contribution is -2.08. The zero-order valence-corrected chi connectivity index (χ0v) is 17.2. The Morgan fingerprint density at radius 3 is 2.42 bits per heavy atom. The second-order valence-corrected chi connectivity index (χ2v) is 6.87. The van der Waals surface area contributed by atoms with E-state index in [-0.39, 0.29) is 23.6 Å². The fourth-order valence-corrected chi connectivity index (χ4v) is 3.14. The van der Waals surface area contributed by atoms with Gasteiger partial charge in [0, 0.05) is 6.07 Å². The molecule has 0 aliphatic carbocycles. The normalized spacial score (nSPS) is 10.8. The molecule has 0 atom stereocenters. The number of ether oxygens (including phenoxy) is 3. The molecule has 4 aromatic rings. The van der Waals surface area contributed by atoms with Gasteiger partial charge in [-0.1, -0.05) is 24.3 Å². The quantitative estimate of drug-likeness (QED) is 0.366. The third kappa shape index (κ3) is 4.53. The number of benzene rings is 3. The van der Waals surface area contributed by atoms with Crippen LogP contribution in [0.25, 0.3) is 11.0 Å². The minimum absolute atomic E-state index is 0.111. The highest BCUT2D eigenvalue weighted by molar-refractivity contribution is 5.79. The van der Waals surface area contributed by atoms with E-state index in [0.29, 0.717) is 40.6 Å². The first-order chi connectivity index (χ1) is 15.0. The Morgan fingerprint density at radius 2 is 1.68 bits per heavy atom. The van der Waals surface area contributed by atoms with Crippen LogP contribution in [0.3, 0.4) is 0 Å². The van der Waals surface area contributed by atoms with E-state index in [1.165, 1.54) is 12.1 Å². The maximum Gasteiger partial charge on any atom is 0.235 e. The summed E-state index contributed by atoms with van der Waals surface area (Å²) in [6.45, 7) is 4.30. The third-order valence-electron chi connectivity index (χ3n) is 4.67. The first-order valence-electron chi connectivity index (χ1n) is 9.89. The molecule has 158 valence electrons. The molecule has 0 radical (unpaired) electrons. The SMILES string of the molecule is CCOc1ccccc1Oc1c(C)oc2cc(OCc3ccc(F)cc3)ccc2c1=O. The molecule has 0 saturated heterocycles. The van der Waals surface area contributed by atoms with Gasteiger partial charge in [0.2, 0.25) is 11.2 Å². The average molecular weight is 420 g/mol. The Morgan fingerprint density at radius 1 is 0.935 bits per heavy atom. The maximum atomic E-state index is 13.0. The standard InChI is InChI=1S/C25H21FO5/c1-3-28-21-6-4-5-7-22(21)31-25-16(2)30-23-14-19(12-13-20(23)24(25)27)29-15-17-8-10-18(26)11-9-17/h4-14H,3,15H2,1-2H3. The van der Waals surface area contributed by atoms with Crippen LogP contribution < -0.4 is 19.6 Å². The second-order valence-electron chi connectivity index (χ2n) is 6.87. The van der Waals surface area contributed by atoms with E-state index in [9.17, 15) is 9.18 Å². The van der Waals surface area contributed by atoms with Gasteiger partial charge in [0.25, 0.3) is 0 Å². The summed E-state index contributed by atoms with van der Waals surface area (Å²) in [5, 5.41) is 0.378. The number of fused-ring (bicyclic) bond motifs is 1. The summed E-state index contributed by atoms with van der Waals surface area (Å²) in [6.07, 6.45) is 0. The summed E-state index contributed by atoms with van der Waals surface area (Å²) >= 11 is 0. The van der Waals surface area contributed by atoms with Crippen LogP contribution >= 0.6 is 0 Å². The minimum Gasteiger partial charge on any atom is -0.490 e. The van der Waals surface area contributed by atoms with E-state index in [2.05, 4.69) is 0 Å². The first-order valence-corrected chi connectivity index (χ1v) is 9.89. The van der Waals surface area contributed by atoms with Crippen molar-refractivity contribution in [2.45, 2.75) is 20.5 Å². The molecule has 0 aliphatic rings. The molecule has 6 heteroatoms. The molecule has 4 rings (SSSR count). The maximum absolute atomic E-state index is 13.0. The first kappa shape index (κ1) is 20.5. The summed E-state index contributed by atoms with van der Waals surface area (Å²) in [6, 6.07) is 18.2. The smallest absolute Gasteiger partial charge is 0.235 e. The predicted molar refractivity (Wildman–Crippen MR) is 116 cm³/mol.